The number of benzene rings is 1. The van der Waals surface area contributed by atoms with Crippen LogP contribution in [-0.4, -0.2) is 43.9 Å². The van der Waals surface area contributed by atoms with Crippen LogP contribution in [0.2, 0.25) is 0 Å². The van der Waals surface area contributed by atoms with Crippen molar-refractivity contribution in [3.05, 3.63) is 29.8 Å². The SMILES string of the molecule is CN(c1ccc(C2=NOC(C(N)=O)C2)cc1)C1CCNCC1. The third-order valence-electron chi connectivity index (χ3n) is 4.45. The molecular weight excluding hydrogens is 280 g/mol. The third kappa shape index (κ3) is 3.06. The molecule has 2 aliphatic rings. The maximum Gasteiger partial charge on any atom is 0.261 e. The Labute approximate surface area is 130 Å². The number of carbonyl (C=O) groups is 1. The summed E-state index contributed by atoms with van der Waals surface area (Å²) in [5.41, 5.74) is 8.19. The average Bonchev–Trinajstić information content (AvgIpc) is 3.05. The Bertz CT molecular complexity index is 564. The summed E-state index contributed by atoms with van der Waals surface area (Å²) in [6.45, 7) is 2.16. The number of rotatable bonds is 4. The van der Waals surface area contributed by atoms with Crippen molar-refractivity contribution >= 4 is 17.3 Å². The van der Waals surface area contributed by atoms with Crippen LogP contribution in [0.15, 0.2) is 29.4 Å². The fraction of sp³-hybridized carbons (Fsp3) is 0.500. The highest BCUT2D eigenvalue weighted by atomic mass is 16.6. The molecule has 22 heavy (non-hydrogen) atoms. The maximum atomic E-state index is 11.1. The molecule has 1 atom stereocenters. The van der Waals surface area contributed by atoms with E-state index < -0.39 is 12.0 Å². The molecule has 118 valence electrons. The van der Waals surface area contributed by atoms with Gasteiger partial charge in [0.1, 0.15) is 0 Å². The van der Waals surface area contributed by atoms with Gasteiger partial charge in [-0.1, -0.05) is 17.3 Å². The Morgan fingerprint density at radius 1 is 1.32 bits per heavy atom. The highest BCUT2D eigenvalue weighted by Gasteiger charge is 2.27. The van der Waals surface area contributed by atoms with Crippen LogP contribution in [-0.2, 0) is 9.63 Å². The molecule has 1 aromatic rings. The number of hydrogen-bond acceptors (Lipinski definition) is 5. The lowest BCUT2D eigenvalue weighted by atomic mass is 10.0. The largest absolute Gasteiger partial charge is 0.382 e. The minimum absolute atomic E-state index is 0.443. The molecule has 1 unspecified atom stereocenters. The summed E-state index contributed by atoms with van der Waals surface area (Å²) in [5.74, 6) is -0.471. The van der Waals surface area contributed by atoms with Crippen molar-refractivity contribution in [3.8, 4) is 0 Å². The van der Waals surface area contributed by atoms with Crippen LogP contribution in [0.4, 0.5) is 5.69 Å². The molecule has 0 bridgehead atoms. The lowest BCUT2D eigenvalue weighted by Crippen LogP contribution is -2.41. The van der Waals surface area contributed by atoms with Gasteiger partial charge in [0.05, 0.1) is 5.71 Å². The van der Waals surface area contributed by atoms with Crippen molar-refractivity contribution in [2.45, 2.75) is 31.4 Å². The fourth-order valence-electron chi connectivity index (χ4n) is 2.99. The Hall–Kier alpha value is -2.08. The molecular formula is C16H22N4O2. The molecule has 1 amide bonds. The van der Waals surface area contributed by atoms with Crippen LogP contribution in [0.3, 0.4) is 0 Å². The molecule has 0 radical (unpaired) electrons. The summed E-state index contributed by atoms with van der Waals surface area (Å²) in [7, 11) is 2.14. The van der Waals surface area contributed by atoms with Crippen molar-refractivity contribution in [3.63, 3.8) is 0 Å². The summed E-state index contributed by atoms with van der Waals surface area (Å²) in [6.07, 6.45) is 2.14. The molecule has 1 saturated heterocycles. The highest BCUT2D eigenvalue weighted by Crippen LogP contribution is 2.23. The van der Waals surface area contributed by atoms with Gasteiger partial charge in [-0.2, -0.15) is 0 Å². The van der Waals surface area contributed by atoms with Crippen molar-refractivity contribution in [1.29, 1.82) is 0 Å². The summed E-state index contributed by atoms with van der Waals surface area (Å²) < 4.78 is 0. The smallest absolute Gasteiger partial charge is 0.261 e. The standard InChI is InChI=1S/C16H22N4O2/c1-20(13-6-8-18-9-7-13)12-4-2-11(3-5-12)14-10-15(16(17)21)22-19-14/h2-5,13,15,18H,6-10H2,1H3,(H2,17,21). The van der Waals surface area contributed by atoms with Gasteiger partial charge < -0.3 is 20.8 Å². The molecule has 0 aliphatic carbocycles. The average molecular weight is 302 g/mol. The first-order valence-corrected chi connectivity index (χ1v) is 7.71. The molecule has 0 saturated carbocycles. The summed E-state index contributed by atoms with van der Waals surface area (Å²) in [5, 5.41) is 7.35. The Morgan fingerprint density at radius 2 is 2.00 bits per heavy atom. The van der Waals surface area contributed by atoms with Gasteiger partial charge >= 0.3 is 0 Å². The molecule has 0 spiro atoms. The van der Waals surface area contributed by atoms with E-state index in [1.807, 2.05) is 12.1 Å². The minimum atomic E-state index is -0.632. The second-order valence-corrected chi connectivity index (χ2v) is 5.88. The van der Waals surface area contributed by atoms with E-state index in [2.05, 4.69) is 34.6 Å². The zero-order chi connectivity index (χ0) is 15.5. The van der Waals surface area contributed by atoms with Crippen LogP contribution in [0, 0.1) is 0 Å². The fourth-order valence-corrected chi connectivity index (χ4v) is 2.99. The van der Waals surface area contributed by atoms with Gasteiger partial charge in [0.2, 0.25) is 6.10 Å². The third-order valence-corrected chi connectivity index (χ3v) is 4.45. The molecule has 6 nitrogen and oxygen atoms in total. The summed E-state index contributed by atoms with van der Waals surface area (Å²) in [4.78, 5) is 18.5. The van der Waals surface area contributed by atoms with E-state index in [9.17, 15) is 4.79 Å². The number of amides is 1. The Kier molecular flexibility index (Phi) is 4.29. The predicted octanol–water partition coefficient (Wildman–Crippen LogP) is 0.853. The van der Waals surface area contributed by atoms with Crippen molar-refractivity contribution in [2.24, 2.45) is 10.9 Å². The van der Waals surface area contributed by atoms with Crippen LogP contribution < -0.4 is 16.0 Å². The normalized spacial score (nSPS) is 22.0. The lowest BCUT2D eigenvalue weighted by Gasteiger charge is -2.33. The van der Waals surface area contributed by atoms with Gasteiger partial charge in [-0.3, -0.25) is 4.79 Å². The quantitative estimate of drug-likeness (QED) is 0.864. The topological polar surface area (TPSA) is 79.9 Å². The van der Waals surface area contributed by atoms with Gasteiger partial charge in [0.25, 0.3) is 5.91 Å². The summed E-state index contributed by atoms with van der Waals surface area (Å²) in [6, 6.07) is 8.82. The van der Waals surface area contributed by atoms with E-state index in [-0.39, 0.29) is 0 Å². The van der Waals surface area contributed by atoms with Gasteiger partial charge in [-0.15, -0.1) is 0 Å². The molecule has 1 aromatic carbocycles. The van der Waals surface area contributed by atoms with E-state index in [1.165, 1.54) is 18.5 Å². The zero-order valence-electron chi connectivity index (χ0n) is 12.8. The molecule has 0 aromatic heterocycles. The van der Waals surface area contributed by atoms with E-state index in [0.29, 0.717) is 12.5 Å². The number of anilines is 1. The first-order valence-electron chi connectivity index (χ1n) is 7.71. The Morgan fingerprint density at radius 3 is 2.59 bits per heavy atom. The number of hydrogen-bond donors (Lipinski definition) is 2. The van der Waals surface area contributed by atoms with Crippen molar-refractivity contribution < 1.29 is 9.63 Å². The van der Waals surface area contributed by atoms with Gasteiger partial charge in [-0.25, -0.2) is 0 Å². The highest BCUT2D eigenvalue weighted by molar-refractivity contribution is 6.04. The molecule has 3 rings (SSSR count). The van der Waals surface area contributed by atoms with Crippen LogP contribution >= 0.6 is 0 Å². The second kappa shape index (κ2) is 6.36. The number of oxime groups is 1. The molecule has 6 heteroatoms. The number of piperidine rings is 1. The van der Waals surface area contributed by atoms with E-state index >= 15 is 0 Å². The molecule has 2 aliphatic heterocycles. The monoisotopic (exact) mass is 302 g/mol. The molecule has 3 N–H and O–H groups in total. The Balaban J connectivity index is 1.66. The summed E-state index contributed by atoms with van der Waals surface area (Å²) >= 11 is 0. The number of nitrogens with one attached hydrogen (secondary N) is 1. The van der Waals surface area contributed by atoms with Crippen molar-refractivity contribution in [2.75, 3.05) is 25.0 Å². The van der Waals surface area contributed by atoms with Gasteiger partial charge in [0, 0.05) is 25.2 Å². The van der Waals surface area contributed by atoms with Crippen LogP contribution in [0.1, 0.15) is 24.8 Å². The van der Waals surface area contributed by atoms with Gasteiger partial charge in [-0.05, 0) is 43.6 Å². The van der Waals surface area contributed by atoms with E-state index in [4.69, 9.17) is 10.6 Å². The van der Waals surface area contributed by atoms with Crippen molar-refractivity contribution in [1.82, 2.24) is 5.32 Å². The zero-order valence-corrected chi connectivity index (χ0v) is 12.8. The predicted molar refractivity (Wildman–Crippen MR) is 86.0 cm³/mol. The first kappa shape index (κ1) is 14.8. The number of primary amides is 1. The second-order valence-electron chi connectivity index (χ2n) is 5.88. The number of carbonyl (C=O) groups excluding carboxylic acids is 1. The van der Waals surface area contributed by atoms with Gasteiger partial charge in [0.15, 0.2) is 0 Å². The number of nitrogens with zero attached hydrogens (tertiary/aromatic N) is 2. The van der Waals surface area contributed by atoms with E-state index in [1.54, 1.807) is 0 Å². The first-order chi connectivity index (χ1) is 10.6. The number of nitrogens with two attached hydrogens (primary N) is 1. The molecule has 1 fully saturated rings. The van der Waals surface area contributed by atoms with Crippen LogP contribution in [0.5, 0.6) is 0 Å². The minimum Gasteiger partial charge on any atom is -0.382 e. The van der Waals surface area contributed by atoms with E-state index in [0.717, 1.165) is 24.4 Å². The lowest BCUT2D eigenvalue weighted by molar-refractivity contribution is -0.127. The van der Waals surface area contributed by atoms with Crippen LogP contribution in [0.25, 0.3) is 0 Å². The molecule has 2 heterocycles. The maximum absolute atomic E-state index is 11.1.